The molecule has 8 heteroatoms. The van der Waals surface area contributed by atoms with E-state index in [2.05, 4.69) is 13.2 Å². The number of aryl methyl sites for hydroxylation is 2. The molecule has 3 fully saturated rings. The average Bonchev–Trinajstić information content (AvgIpc) is 3.48. The number of hydrogen-bond donors (Lipinski definition) is 1. The van der Waals surface area contributed by atoms with Crippen molar-refractivity contribution >= 4 is 23.5 Å². The highest BCUT2D eigenvalue weighted by Crippen LogP contribution is 2.64. The van der Waals surface area contributed by atoms with E-state index in [1.807, 2.05) is 58.9 Å². The second kappa shape index (κ2) is 12.1. The number of nitrogens with zero attached hydrogens (tertiary/aromatic N) is 2. The lowest BCUT2D eigenvalue weighted by atomic mass is 9.66. The summed E-state index contributed by atoms with van der Waals surface area (Å²) in [7, 11) is 0. The van der Waals surface area contributed by atoms with Crippen molar-refractivity contribution < 1.29 is 29.0 Å². The number of anilines is 1. The Hall–Kier alpha value is -2.97. The highest BCUT2D eigenvalue weighted by molar-refractivity contribution is 6.05. The number of aliphatic hydroxyl groups is 1. The summed E-state index contributed by atoms with van der Waals surface area (Å²) in [6.07, 6.45) is 6.89. The summed E-state index contributed by atoms with van der Waals surface area (Å²) >= 11 is 0. The van der Waals surface area contributed by atoms with Crippen LogP contribution in [0, 0.1) is 31.6 Å². The van der Waals surface area contributed by atoms with Gasteiger partial charge >= 0.3 is 5.97 Å². The van der Waals surface area contributed by atoms with Crippen LogP contribution in [0.2, 0.25) is 0 Å². The molecule has 2 unspecified atom stereocenters. The Labute approximate surface area is 244 Å². The summed E-state index contributed by atoms with van der Waals surface area (Å²) in [5, 5.41) is 10.5. The second-order valence-corrected chi connectivity index (χ2v) is 12.4. The zero-order chi connectivity index (χ0) is 30.1. The summed E-state index contributed by atoms with van der Waals surface area (Å²) in [6, 6.07) is 4.22. The summed E-state index contributed by atoms with van der Waals surface area (Å²) in [6.45, 7) is 17.4. The van der Waals surface area contributed by atoms with Gasteiger partial charge in [0, 0.05) is 12.2 Å². The summed E-state index contributed by atoms with van der Waals surface area (Å²) in [5.74, 6) is -2.91. The highest BCUT2D eigenvalue weighted by atomic mass is 16.6. The van der Waals surface area contributed by atoms with Gasteiger partial charge < -0.3 is 24.4 Å². The smallest absolute Gasteiger partial charge is 0.312 e. The van der Waals surface area contributed by atoms with Crippen LogP contribution in [-0.2, 0) is 23.9 Å². The van der Waals surface area contributed by atoms with Crippen LogP contribution >= 0.6 is 0 Å². The lowest BCUT2D eigenvalue weighted by Gasteiger charge is -2.41. The maximum Gasteiger partial charge on any atom is 0.312 e. The lowest BCUT2D eigenvalue weighted by Crippen LogP contribution is -2.60. The molecule has 2 amide bonds. The third-order valence-corrected chi connectivity index (χ3v) is 9.35. The fraction of sp³-hybridized carbons (Fsp3) is 0.606. The van der Waals surface area contributed by atoms with Crippen molar-refractivity contribution in [1.82, 2.24) is 4.90 Å². The van der Waals surface area contributed by atoms with E-state index in [-0.39, 0.29) is 37.5 Å². The van der Waals surface area contributed by atoms with Gasteiger partial charge in [0.25, 0.3) is 5.91 Å². The topological polar surface area (TPSA) is 96.4 Å². The van der Waals surface area contributed by atoms with Gasteiger partial charge in [-0.15, -0.1) is 13.2 Å². The highest BCUT2D eigenvalue weighted by Gasteiger charge is 2.79. The van der Waals surface area contributed by atoms with Crippen molar-refractivity contribution in [3.8, 4) is 0 Å². The maximum atomic E-state index is 14.8. The van der Waals surface area contributed by atoms with E-state index in [0.29, 0.717) is 19.3 Å². The number of esters is 1. The van der Waals surface area contributed by atoms with Crippen molar-refractivity contribution in [3.63, 3.8) is 0 Å². The second-order valence-electron chi connectivity index (χ2n) is 12.4. The monoisotopic (exact) mass is 566 g/mol. The van der Waals surface area contributed by atoms with Crippen molar-refractivity contribution in [2.24, 2.45) is 17.8 Å². The molecule has 41 heavy (non-hydrogen) atoms. The number of fused-ring (bicyclic) bond motifs is 1. The Bertz CT molecular complexity index is 1180. The number of para-hydroxylation sites is 1. The number of benzene rings is 1. The molecule has 2 bridgehead atoms. The van der Waals surface area contributed by atoms with E-state index >= 15 is 0 Å². The number of amides is 2. The van der Waals surface area contributed by atoms with Gasteiger partial charge in [-0.3, -0.25) is 14.4 Å². The summed E-state index contributed by atoms with van der Waals surface area (Å²) in [5.41, 5.74) is 0.498. The molecule has 0 radical (unpaired) electrons. The van der Waals surface area contributed by atoms with E-state index < -0.39 is 41.1 Å². The molecule has 3 saturated heterocycles. The van der Waals surface area contributed by atoms with Gasteiger partial charge in [-0.25, -0.2) is 0 Å². The molecule has 4 rings (SSSR count). The van der Waals surface area contributed by atoms with Gasteiger partial charge in [0.2, 0.25) is 5.91 Å². The first-order valence-electron chi connectivity index (χ1n) is 14.9. The molecule has 0 aliphatic carbocycles. The Morgan fingerprint density at radius 2 is 1.88 bits per heavy atom. The molecule has 224 valence electrons. The van der Waals surface area contributed by atoms with Crippen LogP contribution in [0.4, 0.5) is 5.69 Å². The predicted octanol–water partition coefficient (Wildman–Crippen LogP) is 4.50. The number of unbranched alkanes of at least 4 members (excludes halogenated alkanes) is 2. The van der Waals surface area contributed by atoms with E-state index in [9.17, 15) is 19.5 Å². The number of carbonyl (C=O) groups excluding carboxylic acids is 3. The Morgan fingerprint density at radius 1 is 1.20 bits per heavy atom. The molecule has 3 aliphatic heterocycles. The first-order chi connectivity index (χ1) is 19.5. The first-order valence-corrected chi connectivity index (χ1v) is 14.9. The molecule has 0 aromatic heterocycles. The van der Waals surface area contributed by atoms with Gasteiger partial charge in [-0.1, -0.05) is 44.2 Å². The predicted molar refractivity (Wildman–Crippen MR) is 158 cm³/mol. The number of hydrogen-bond acceptors (Lipinski definition) is 6. The molecule has 3 heterocycles. The first kappa shape index (κ1) is 31.0. The fourth-order valence-electron chi connectivity index (χ4n) is 7.43. The van der Waals surface area contributed by atoms with Gasteiger partial charge in [-0.2, -0.15) is 0 Å². The van der Waals surface area contributed by atoms with Crippen LogP contribution in [0.15, 0.2) is 43.5 Å². The largest absolute Gasteiger partial charge is 0.465 e. The molecular weight excluding hydrogens is 520 g/mol. The third-order valence-electron chi connectivity index (χ3n) is 9.35. The molecule has 8 nitrogen and oxygen atoms in total. The van der Waals surface area contributed by atoms with Crippen molar-refractivity contribution in [2.45, 2.75) is 90.0 Å². The molecule has 1 aromatic rings. The van der Waals surface area contributed by atoms with Crippen molar-refractivity contribution in [2.75, 3.05) is 24.7 Å². The normalized spacial score (nSPS) is 29.0. The van der Waals surface area contributed by atoms with Crippen LogP contribution in [0.1, 0.15) is 64.0 Å². The number of likely N-dealkylation sites (tertiary alicyclic amines) is 1. The van der Waals surface area contributed by atoms with Gasteiger partial charge in [0.15, 0.2) is 0 Å². The Morgan fingerprint density at radius 3 is 2.46 bits per heavy atom. The Kier molecular flexibility index (Phi) is 9.14. The lowest BCUT2D eigenvalue weighted by molar-refractivity contribution is -0.161. The molecule has 0 saturated carbocycles. The third kappa shape index (κ3) is 5.14. The molecule has 1 N–H and O–H groups in total. The fourth-order valence-corrected chi connectivity index (χ4v) is 7.43. The standard InChI is InChI=1S/C33H46N2O6/c1-8-10-11-12-19-40-31(39)26-25-29(37)35(24(20-36)21(3)4)28(33(25)17-16-32(26,7)41-33)30(38)34(18-9-2)27-22(5)14-13-15-23(27)6/h8-9,13-15,21,24-26,28,36H,1-2,10-12,16-20H2,3-7H3/t24-,25-,26-,28?,32+,33?/m0/s1. The quantitative estimate of drug-likeness (QED) is 0.215. The number of rotatable bonds is 13. The molecular formula is C33H46N2O6. The minimum atomic E-state index is -1.20. The molecule has 3 aliphatic rings. The van der Waals surface area contributed by atoms with Crippen LogP contribution < -0.4 is 4.90 Å². The van der Waals surface area contributed by atoms with E-state index in [0.717, 1.165) is 29.7 Å². The number of allylic oxidation sites excluding steroid dienone is 1. The van der Waals surface area contributed by atoms with Gasteiger partial charge in [-0.05, 0) is 69.9 Å². The zero-order valence-electron chi connectivity index (χ0n) is 25.2. The number of aliphatic hydroxyl groups excluding tert-OH is 1. The zero-order valence-corrected chi connectivity index (χ0v) is 25.2. The number of ether oxygens (including phenoxy) is 2. The van der Waals surface area contributed by atoms with Crippen molar-refractivity contribution in [1.29, 1.82) is 0 Å². The number of carbonyl (C=O) groups is 3. The summed E-state index contributed by atoms with van der Waals surface area (Å²) < 4.78 is 12.5. The Balaban J connectivity index is 1.79. The molecule has 6 atom stereocenters. The van der Waals surface area contributed by atoms with Crippen LogP contribution in [0.5, 0.6) is 0 Å². The van der Waals surface area contributed by atoms with E-state index in [4.69, 9.17) is 9.47 Å². The van der Waals surface area contributed by atoms with E-state index in [1.165, 1.54) is 4.90 Å². The minimum absolute atomic E-state index is 0.134. The van der Waals surface area contributed by atoms with Gasteiger partial charge in [0.1, 0.15) is 17.6 Å². The molecule has 1 aromatic carbocycles. The minimum Gasteiger partial charge on any atom is -0.465 e. The van der Waals surface area contributed by atoms with Crippen molar-refractivity contribution in [3.05, 3.63) is 54.6 Å². The van der Waals surface area contributed by atoms with Gasteiger partial charge in [0.05, 0.1) is 30.8 Å². The van der Waals surface area contributed by atoms with Crippen LogP contribution in [0.3, 0.4) is 0 Å². The average molecular weight is 567 g/mol. The maximum absolute atomic E-state index is 14.8. The van der Waals surface area contributed by atoms with Crippen LogP contribution in [-0.4, -0.2) is 70.8 Å². The SMILES string of the molecule is C=CCCCCOC(=O)[C@@H]1[C@H]2C(=O)N([C@@H](CO)C(C)C)C(C(=O)N(CC=C)c3c(C)cccc3C)C23CC[C@@]1(C)O3. The van der Waals surface area contributed by atoms with E-state index in [1.54, 1.807) is 11.0 Å². The molecule has 1 spiro atoms. The summed E-state index contributed by atoms with van der Waals surface area (Å²) in [4.78, 5) is 46.1. The van der Waals surface area contributed by atoms with Crippen LogP contribution in [0.25, 0.3) is 0 Å².